The minimum atomic E-state index is 0.837. The second-order valence-corrected chi connectivity index (χ2v) is 5.25. The summed E-state index contributed by atoms with van der Waals surface area (Å²) >= 11 is 3.34. The second-order valence-electron chi connectivity index (χ2n) is 4.47. The van der Waals surface area contributed by atoms with E-state index >= 15 is 0 Å². The summed E-state index contributed by atoms with van der Waals surface area (Å²) in [6.45, 7) is 2.27. The highest BCUT2D eigenvalue weighted by Gasteiger charge is 2.37. The molecule has 3 heteroatoms. The van der Waals surface area contributed by atoms with Crippen LogP contribution in [-0.4, -0.2) is 17.5 Å². The van der Waals surface area contributed by atoms with E-state index in [-0.39, 0.29) is 0 Å². The molecule has 1 aromatic rings. The number of furan rings is 1. The Labute approximate surface area is 92.4 Å². The summed E-state index contributed by atoms with van der Waals surface area (Å²) in [6.07, 6.45) is 4.26. The fourth-order valence-electron chi connectivity index (χ4n) is 2.86. The Bertz CT molecular complexity index is 336. The molecule has 2 nitrogen and oxygen atoms in total. The molecule has 2 atom stereocenters. The molecule has 0 aromatic carbocycles. The lowest BCUT2D eigenvalue weighted by molar-refractivity contribution is 0.189. The molecular formula is C11H14BrNO. The number of piperidine rings is 1. The van der Waals surface area contributed by atoms with Gasteiger partial charge in [0.15, 0.2) is 4.67 Å². The first kappa shape index (κ1) is 8.98. The predicted octanol–water partition coefficient (Wildman–Crippen LogP) is 3.03. The van der Waals surface area contributed by atoms with Crippen LogP contribution in [0.2, 0.25) is 0 Å². The number of nitrogens with zero attached hydrogens (tertiary/aromatic N) is 1. The zero-order valence-electron chi connectivity index (χ0n) is 8.08. The Balaban J connectivity index is 1.68. The Morgan fingerprint density at radius 1 is 1.43 bits per heavy atom. The highest BCUT2D eigenvalue weighted by atomic mass is 79.9. The van der Waals surface area contributed by atoms with Gasteiger partial charge in [0.05, 0.1) is 6.54 Å². The van der Waals surface area contributed by atoms with Crippen molar-refractivity contribution in [2.75, 3.05) is 6.54 Å². The molecule has 2 aliphatic rings. The van der Waals surface area contributed by atoms with Crippen molar-refractivity contribution in [3.63, 3.8) is 0 Å². The van der Waals surface area contributed by atoms with Crippen LogP contribution in [-0.2, 0) is 6.54 Å². The van der Waals surface area contributed by atoms with Gasteiger partial charge < -0.3 is 4.42 Å². The molecule has 1 saturated heterocycles. The van der Waals surface area contributed by atoms with Crippen molar-refractivity contribution < 1.29 is 4.42 Å². The standard InChI is InChI=1S/C11H14BrNO/c12-11-4-3-10(14-11)7-13-6-8-1-2-9(13)5-8/h3-4,8-9H,1-2,5-7H2. The van der Waals surface area contributed by atoms with E-state index in [1.807, 2.05) is 6.07 Å². The first-order chi connectivity index (χ1) is 6.81. The van der Waals surface area contributed by atoms with Crippen molar-refractivity contribution in [1.82, 2.24) is 4.90 Å². The number of rotatable bonds is 2. The number of hydrogen-bond acceptors (Lipinski definition) is 2. The van der Waals surface area contributed by atoms with E-state index in [1.165, 1.54) is 25.8 Å². The monoisotopic (exact) mass is 255 g/mol. The first-order valence-corrected chi connectivity index (χ1v) is 6.09. The molecule has 2 bridgehead atoms. The average Bonchev–Trinajstić information content (AvgIpc) is 2.82. The molecule has 2 heterocycles. The number of hydrogen-bond donors (Lipinski definition) is 0. The maximum atomic E-state index is 5.53. The second kappa shape index (κ2) is 3.38. The van der Waals surface area contributed by atoms with Crippen LogP contribution in [0.4, 0.5) is 0 Å². The summed E-state index contributed by atoms with van der Waals surface area (Å²) in [5, 5.41) is 0. The van der Waals surface area contributed by atoms with Crippen molar-refractivity contribution in [2.24, 2.45) is 5.92 Å². The molecule has 0 amide bonds. The van der Waals surface area contributed by atoms with Crippen LogP contribution >= 0.6 is 15.9 Å². The highest BCUT2D eigenvalue weighted by molar-refractivity contribution is 9.10. The van der Waals surface area contributed by atoms with Gasteiger partial charge in [0.25, 0.3) is 0 Å². The molecule has 2 unspecified atom stereocenters. The van der Waals surface area contributed by atoms with E-state index in [2.05, 4.69) is 26.9 Å². The van der Waals surface area contributed by atoms with Gasteiger partial charge in [-0.1, -0.05) is 0 Å². The van der Waals surface area contributed by atoms with Crippen molar-refractivity contribution in [3.05, 3.63) is 22.6 Å². The third-order valence-corrected chi connectivity index (χ3v) is 3.94. The molecular weight excluding hydrogens is 242 g/mol. The fraction of sp³-hybridized carbons (Fsp3) is 0.636. The molecule has 2 fully saturated rings. The van der Waals surface area contributed by atoms with E-state index in [1.54, 1.807) is 0 Å². The maximum absolute atomic E-state index is 5.53. The van der Waals surface area contributed by atoms with Crippen LogP contribution in [0, 0.1) is 5.92 Å². The summed E-state index contributed by atoms with van der Waals surface area (Å²) in [5.74, 6) is 2.06. The van der Waals surface area contributed by atoms with Crippen molar-refractivity contribution in [1.29, 1.82) is 0 Å². The van der Waals surface area contributed by atoms with Gasteiger partial charge in [0, 0.05) is 12.6 Å². The van der Waals surface area contributed by atoms with Gasteiger partial charge in [0.2, 0.25) is 0 Å². The largest absolute Gasteiger partial charge is 0.453 e. The molecule has 1 aliphatic carbocycles. The molecule has 0 N–H and O–H groups in total. The van der Waals surface area contributed by atoms with Crippen LogP contribution in [0.15, 0.2) is 21.2 Å². The third kappa shape index (κ3) is 1.52. The lowest BCUT2D eigenvalue weighted by Crippen LogP contribution is -2.31. The SMILES string of the molecule is Brc1ccc(CN2CC3CCC2C3)o1. The van der Waals surface area contributed by atoms with Gasteiger partial charge in [-0.15, -0.1) is 0 Å². The van der Waals surface area contributed by atoms with Gasteiger partial charge >= 0.3 is 0 Å². The number of halogens is 1. The van der Waals surface area contributed by atoms with E-state index < -0.39 is 0 Å². The van der Waals surface area contributed by atoms with Gasteiger partial charge in [-0.05, 0) is 53.2 Å². The summed E-state index contributed by atoms with van der Waals surface area (Å²) in [6, 6.07) is 4.88. The predicted molar refractivity (Wildman–Crippen MR) is 57.9 cm³/mol. The van der Waals surface area contributed by atoms with E-state index in [4.69, 9.17) is 4.42 Å². The van der Waals surface area contributed by atoms with Crippen LogP contribution in [0.25, 0.3) is 0 Å². The Kier molecular flexibility index (Phi) is 2.17. The van der Waals surface area contributed by atoms with Crippen LogP contribution < -0.4 is 0 Å². The van der Waals surface area contributed by atoms with Crippen molar-refractivity contribution in [2.45, 2.75) is 31.8 Å². The van der Waals surface area contributed by atoms with Gasteiger partial charge in [-0.25, -0.2) is 0 Å². The van der Waals surface area contributed by atoms with E-state index in [0.29, 0.717) is 0 Å². The Morgan fingerprint density at radius 2 is 2.36 bits per heavy atom. The Hall–Kier alpha value is -0.280. The maximum Gasteiger partial charge on any atom is 0.169 e. The van der Waals surface area contributed by atoms with Gasteiger partial charge in [0.1, 0.15) is 5.76 Å². The van der Waals surface area contributed by atoms with Crippen LogP contribution in [0.5, 0.6) is 0 Å². The van der Waals surface area contributed by atoms with Gasteiger partial charge in [-0.2, -0.15) is 0 Å². The summed E-state index contributed by atoms with van der Waals surface area (Å²) < 4.78 is 6.37. The number of fused-ring (bicyclic) bond motifs is 2. The normalized spacial score (nSPS) is 31.5. The highest BCUT2D eigenvalue weighted by Crippen LogP contribution is 2.38. The van der Waals surface area contributed by atoms with E-state index in [9.17, 15) is 0 Å². The molecule has 14 heavy (non-hydrogen) atoms. The van der Waals surface area contributed by atoms with E-state index in [0.717, 1.165) is 28.9 Å². The molecule has 1 aliphatic heterocycles. The molecule has 0 spiro atoms. The minimum absolute atomic E-state index is 0.837. The minimum Gasteiger partial charge on any atom is -0.453 e. The third-order valence-electron chi connectivity index (χ3n) is 3.51. The summed E-state index contributed by atoms with van der Waals surface area (Å²) in [5.41, 5.74) is 0. The lowest BCUT2D eigenvalue weighted by Gasteiger charge is -2.25. The zero-order valence-corrected chi connectivity index (χ0v) is 9.66. The van der Waals surface area contributed by atoms with Gasteiger partial charge in [-0.3, -0.25) is 4.90 Å². The average molecular weight is 256 g/mol. The molecule has 0 radical (unpaired) electrons. The number of likely N-dealkylation sites (tertiary alicyclic amines) is 1. The molecule has 1 saturated carbocycles. The smallest absolute Gasteiger partial charge is 0.169 e. The topological polar surface area (TPSA) is 16.4 Å². The quantitative estimate of drug-likeness (QED) is 0.808. The van der Waals surface area contributed by atoms with Crippen LogP contribution in [0.1, 0.15) is 25.0 Å². The zero-order chi connectivity index (χ0) is 9.54. The fourth-order valence-corrected chi connectivity index (χ4v) is 3.20. The molecule has 3 rings (SSSR count). The summed E-state index contributed by atoms with van der Waals surface area (Å²) in [4.78, 5) is 2.57. The molecule has 76 valence electrons. The summed E-state index contributed by atoms with van der Waals surface area (Å²) in [7, 11) is 0. The van der Waals surface area contributed by atoms with Crippen molar-refractivity contribution >= 4 is 15.9 Å². The first-order valence-electron chi connectivity index (χ1n) is 5.29. The molecule has 1 aromatic heterocycles. The lowest BCUT2D eigenvalue weighted by atomic mass is 10.1. The Morgan fingerprint density at radius 3 is 2.93 bits per heavy atom. The van der Waals surface area contributed by atoms with Crippen LogP contribution in [0.3, 0.4) is 0 Å². The van der Waals surface area contributed by atoms with Crippen molar-refractivity contribution in [3.8, 4) is 0 Å².